The van der Waals surface area contributed by atoms with Crippen LogP contribution in [0, 0.1) is 0 Å². The molecule has 0 spiro atoms. The monoisotopic (exact) mass is 386 g/mol. The van der Waals surface area contributed by atoms with Gasteiger partial charge in [0.2, 0.25) is 0 Å². The van der Waals surface area contributed by atoms with E-state index >= 15 is 0 Å². The molecule has 0 aromatic heterocycles. The molecule has 0 saturated carbocycles. The summed E-state index contributed by atoms with van der Waals surface area (Å²) in [4.78, 5) is 6.98. The molecule has 2 atom stereocenters. The molecule has 5 nitrogen and oxygen atoms in total. The maximum absolute atomic E-state index is 11.1. The molecule has 2 fully saturated rings. The maximum Gasteiger partial charge on any atom is 0.0980 e. The highest BCUT2D eigenvalue weighted by Gasteiger charge is 2.31. The number of halogens is 1. The summed E-state index contributed by atoms with van der Waals surface area (Å²) < 4.78 is 0. The number of hydrogen-bond acceptors (Lipinski definition) is 5. The van der Waals surface area contributed by atoms with Gasteiger partial charge < -0.3 is 19.8 Å². The Balaban J connectivity index is 1.48. The predicted octanol–water partition coefficient (Wildman–Crippen LogP) is 2.56. The molecule has 4 rings (SSSR count). The summed E-state index contributed by atoms with van der Waals surface area (Å²) in [6.45, 7) is 5.58. The number of hydrogen-bond donors (Lipinski definition) is 2. The number of nitrogens with zero attached hydrogens (tertiary/aromatic N) is 3. The fraction of sp³-hybridized carbons (Fsp3) is 0.429. The summed E-state index contributed by atoms with van der Waals surface area (Å²) in [7, 11) is 2.16. The molecule has 2 aliphatic heterocycles. The maximum atomic E-state index is 11.1. The molecule has 27 heavy (non-hydrogen) atoms. The zero-order valence-corrected chi connectivity index (χ0v) is 16.4. The molecule has 0 radical (unpaired) electrons. The van der Waals surface area contributed by atoms with Crippen molar-refractivity contribution in [2.45, 2.75) is 12.1 Å². The first-order chi connectivity index (χ1) is 13.1. The van der Waals surface area contributed by atoms with Gasteiger partial charge in [-0.25, -0.2) is 0 Å². The van der Waals surface area contributed by atoms with Gasteiger partial charge >= 0.3 is 0 Å². The van der Waals surface area contributed by atoms with Gasteiger partial charge in [0.25, 0.3) is 0 Å². The van der Waals surface area contributed by atoms with Crippen LogP contribution in [0.2, 0.25) is 5.02 Å². The van der Waals surface area contributed by atoms with Crippen molar-refractivity contribution >= 4 is 23.0 Å². The Morgan fingerprint density at radius 1 is 1.00 bits per heavy atom. The molecule has 2 unspecified atom stereocenters. The molecule has 0 amide bonds. The summed E-state index contributed by atoms with van der Waals surface area (Å²) in [5, 5.41) is 15.4. The van der Waals surface area contributed by atoms with E-state index in [1.54, 1.807) is 0 Å². The van der Waals surface area contributed by atoms with Crippen LogP contribution in [0.15, 0.2) is 48.5 Å². The highest BCUT2D eigenvalue weighted by atomic mass is 35.5. The highest BCUT2D eigenvalue weighted by molar-refractivity contribution is 6.30. The fourth-order valence-electron chi connectivity index (χ4n) is 3.94. The lowest BCUT2D eigenvalue weighted by atomic mass is 9.99. The molecule has 2 saturated heterocycles. The second kappa shape index (κ2) is 8.07. The zero-order valence-electron chi connectivity index (χ0n) is 15.7. The standard InChI is InChI=1S/C21H27ClN4O/c1-24-10-12-25(13-11-24)20-5-3-2-4-18(20)21(27)19-14-26(15-23-19)17-8-6-16(22)7-9-17/h2-9,19,21,23,27H,10-15H2,1H3. The van der Waals surface area contributed by atoms with Crippen LogP contribution < -0.4 is 15.1 Å². The van der Waals surface area contributed by atoms with Gasteiger partial charge in [0.05, 0.1) is 18.8 Å². The van der Waals surface area contributed by atoms with Crippen molar-refractivity contribution in [3.63, 3.8) is 0 Å². The van der Waals surface area contributed by atoms with E-state index in [0.29, 0.717) is 0 Å². The van der Waals surface area contributed by atoms with E-state index in [1.807, 2.05) is 30.3 Å². The van der Waals surface area contributed by atoms with Crippen molar-refractivity contribution in [2.24, 2.45) is 0 Å². The largest absolute Gasteiger partial charge is 0.387 e. The lowest BCUT2D eigenvalue weighted by Crippen LogP contribution is -2.45. The van der Waals surface area contributed by atoms with E-state index in [4.69, 9.17) is 11.6 Å². The van der Waals surface area contributed by atoms with E-state index in [-0.39, 0.29) is 6.04 Å². The van der Waals surface area contributed by atoms with E-state index < -0.39 is 6.10 Å². The van der Waals surface area contributed by atoms with Crippen LogP contribution in [0.3, 0.4) is 0 Å². The second-order valence-electron chi connectivity index (χ2n) is 7.46. The predicted molar refractivity (Wildman–Crippen MR) is 112 cm³/mol. The molecular weight excluding hydrogens is 360 g/mol. The van der Waals surface area contributed by atoms with Crippen molar-refractivity contribution in [2.75, 3.05) is 56.2 Å². The summed E-state index contributed by atoms with van der Waals surface area (Å²) in [6.07, 6.45) is -0.543. The molecule has 0 bridgehead atoms. The van der Waals surface area contributed by atoms with Crippen LogP contribution in [0.4, 0.5) is 11.4 Å². The minimum Gasteiger partial charge on any atom is -0.387 e. The van der Waals surface area contributed by atoms with Crippen LogP contribution in [0.1, 0.15) is 11.7 Å². The van der Waals surface area contributed by atoms with Gasteiger partial charge in [-0.2, -0.15) is 0 Å². The summed E-state index contributed by atoms with van der Waals surface area (Å²) >= 11 is 6.00. The molecule has 2 aliphatic rings. The Morgan fingerprint density at radius 3 is 2.44 bits per heavy atom. The fourth-order valence-corrected chi connectivity index (χ4v) is 4.07. The van der Waals surface area contributed by atoms with Crippen molar-refractivity contribution in [3.8, 4) is 0 Å². The van der Waals surface area contributed by atoms with Gasteiger partial charge in [0, 0.05) is 54.7 Å². The minimum absolute atomic E-state index is 0.00528. The van der Waals surface area contributed by atoms with Crippen LogP contribution in [-0.4, -0.2) is 62.5 Å². The third-order valence-corrected chi connectivity index (χ3v) is 5.89. The lowest BCUT2D eigenvalue weighted by molar-refractivity contribution is 0.143. The number of likely N-dealkylation sites (N-methyl/N-ethyl adjacent to an activating group) is 1. The number of benzene rings is 2. The van der Waals surface area contributed by atoms with Crippen LogP contribution in [0.25, 0.3) is 0 Å². The van der Waals surface area contributed by atoms with Gasteiger partial charge in [-0.15, -0.1) is 0 Å². The Kier molecular flexibility index (Phi) is 5.55. The van der Waals surface area contributed by atoms with Gasteiger partial charge in [-0.3, -0.25) is 5.32 Å². The Morgan fingerprint density at radius 2 is 1.70 bits per heavy atom. The average Bonchev–Trinajstić information content (AvgIpc) is 3.19. The van der Waals surface area contributed by atoms with Gasteiger partial charge in [-0.1, -0.05) is 29.8 Å². The quantitative estimate of drug-likeness (QED) is 0.845. The van der Waals surface area contributed by atoms with Crippen molar-refractivity contribution in [1.29, 1.82) is 0 Å². The van der Waals surface area contributed by atoms with Crippen molar-refractivity contribution < 1.29 is 5.11 Å². The Hall–Kier alpha value is -1.79. The Bertz CT molecular complexity index is 761. The van der Waals surface area contributed by atoms with E-state index in [9.17, 15) is 5.11 Å². The molecule has 2 N–H and O–H groups in total. The normalized spacial score (nSPS) is 22.3. The van der Waals surface area contributed by atoms with Crippen LogP contribution in [0.5, 0.6) is 0 Å². The van der Waals surface area contributed by atoms with Crippen LogP contribution in [-0.2, 0) is 0 Å². The van der Waals surface area contributed by atoms with E-state index in [1.165, 1.54) is 0 Å². The molecule has 2 heterocycles. The van der Waals surface area contributed by atoms with Crippen LogP contribution >= 0.6 is 11.6 Å². The minimum atomic E-state index is -0.543. The van der Waals surface area contributed by atoms with E-state index in [2.05, 4.69) is 45.3 Å². The van der Waals surface area contributed by atoms with Gasteiger partial charge in [-0.05, 0) is 37.4 Å². The smallest absolute Gasteiger partial charge is 0.0980 e. The molecular formula is C21H27ClN4O. The first kappa shape index (κ1) is 18.6. The number of anilines is 2. The number of para-hydroxylation sites is 1. The molecule has 0 aliphatic carbocycles. The number of aliphatic hydroxyl groups is 1. The molecule has 144 valence electrons. The summed E-state index contributed by atoms with van der Waals surface area (Å²) in [5.41, 5.74) is 3.29. The lowest BCUT2D eigenvalue weighted by Gasteiger charge is -2.36. The number of rotatable bonds is 4. The third-order valence-electron chi connectivity index (χ3n) is 5.63. The molecule has 2 aromatic rings. The highest BCUT2D eigenvalue weighted by Crippen LogP contribution is 2.31. The van der Waals surface area contributed by atoms with Gasteiger partial charge in [0.1, 0.15) is 0 Å². The topological polar surface area (TPSA) is 42.0 Å². The molecule has 2 aromatic carbocycles. The first-order valence-corrected chi connectivity index (χ1v) is 9.94. The third kappa shape index (κ3) is 4.06. The van der Waals surface area contributed by atoms with Gasteiger partial charge in [0.15, 0.2) is 0 Å². The van der Waals surface area contributed by atoms with Crippen molar-refractivity contribution in [3.05, 3.63) is 59.1 Å². The second-order valence-corrected chi connectivity index (χ2v) is 7.90. The number of nitrogens with one attached hydrogen (secondary N) is 1. The average molecular weight is 387 g/mol. The SMILES string of the molecule is CN1CCN(c2ccccc2C(O)C2CN(c3ccc(Cl)cc3)CN2)CC1. The number of aliphatic hydroxyl groups excluding tert-OH is 1. The van der Waals surface area contributed by atoms with Crippen molar-refractivity contribution in [1.82, 2.24) is 10.2 Å². The zero-order chi connectivity index (χ0) is 18.8. The summed E-state index contributed by atoms with van der Waals surface area (Å²) in [6, 6.07) is 16.1. The number of piperazine rings is 1. The van der Waals surface area contributed by atoms with E-state index in [0.717, 1.165) is 61.4 Å². The summed E-state index contributed by atoms with van der Waals surface area (Å²) in [5.74, 6) is 0. The first-order valence-electron chi connectivity index (χ1n) is 9.56. The molecule has 6 heteroatoms. The Labute approximate surface area is 166 Å².